The van der Waals surface area contributed by atoms with Gasteiger partial charge in [-0.15, -0.1) is 0 Å². The highest BCUT2D eigenvalue weighted by Gasteiger charge is 2.31. The summed E-state index contributed by atoms with van der Waals surface area (Å²) in [7, 11) is 0. The Morgan fingerprint density at radius 1 is 0.456 bits per heavy atom. The smallest absolute Gasteiger partial charge is 0.416 e. The lowest BCUT2D eigenvalue weighted by Gasteiger charge is -2.36. The van der Waals surface area contributed by atoms with Crippen molar-refractivity contribution < 1.29 is 36.2 Å². The lowest BCUT2D eigenvalue weighted by Crippen LogP contribution is -2.46. The Morgan fingerprint density at radius 2 is 0.860 bits per heavy atom. The monoisotopic (exact) mass is 790 g/mol. The van der Waals surface area contributed by atoms with E-state index >= 15 is 0 Å². The molecule has 0 aliphatic carbocycles. The fourth-order valence-corrected chi connectivity index (χ4v) is 6.91. The van der Waals surface area contributed by atoms with Crippen LogP contribution in [0.3, 0.4) is 0 Å². The Hall–Kier alpha value is -5.20. The summed E-state index contributed by atoms with van der Waals surface area (Å²) in [5.74, 6) is 1.12. The van der Waals surface area contributed by atoms with Crippen LogP contribution in [0, 0.1) is 0 Å². The molecule has 5 aromatic rings. The molecule has 6 nitrogen and oxygen atoms in total. The number of benzene rings is 5. The first-order valence-electron chi connectivity index (χ1n) is 19.2. The van der Waals surface area contributed by atoms with Crippen molar-refractivity contribution in [1.82, 2.24) is 9.80 Å². The van der Waals surface area contributed by atoms with E-state index in [1.165, 1.54) is 17.8 Å². The minimum absolute atomic E-state index is 0.263. The molecule has 0 saturated carbocycles. The van der Waals surface area contributed by atoms with Crippen LogP contribution in [0.5, 0.6) is 11.5 Å². The molecule has 12 heteroatoms. The molecule has 0 unspecified atom stereocenters. The van der Waals surface area contributed by atoms with Crippen molar-refractivity contribution in [1.29, 1.82) is 0 Å². The van der Waals surface area contributed by atoms with Crippen LogP contribution in [0.25, 0.3) is 0 Å². The van der Waals surface area contributed by atoms with Gasteiger partial charge in [-0.25, -0.2) is 0 Å². The number of anilines is 2. The highest BCUT2D eigenvalue weighted by atomic mass is 19.4. The molecule has 0 atom stereocenters. The highest BCUT2D eigenvalue weighted by molar-refractivity contribution is 5.50. The third-order valence-corrected chi connectivity index (χ3v) is 10.4. The molecule has 1 N–H and O–H groups in total. The van der Waals surface area contributed by atoms with Crippen molar-refractivity contribution in [2.45, 2.75) is 31.8 Å². The quantitative estimate of drug-likeness (QED) is 0.135. The van der Waals surface area contributed by atoms with Crippen molar-refractivity contribution in [3.8, 4) is 11.5 Å². The fraction of sp³-hybridized carbons (Fsp3) is 0.333. The van der Waals surface area contributed by atoms with E-state index in [-0.39, 0.29) is 5.75 Å². The molecule has 5 aromatic carbocycles. The van der Waals surface area contributed by atoms with E-state index in [1.54, 1.807) is 36.4 Å². The third kappa shape index (κ3) is 12.6. The zero-order chi connectivity index (χ0) is 40.3. The molecule has 57 heavy (non-hydrogen) atoms. The number of rotatable bonds is 11. The van der Waals surface area contributed by atoms with Gasteiger partial charge >= 0.3 is 12.4 Å². The summed E-state index contributed by atoms with van der Waals surface area (Å²) in [5, 5.41) is 9.35. The Morgan fingerprint density at radius 3 is 1.26 bits per heavy atom. The van der Waals surface area contributed by atoms with Gasteiger partial charge in [0, 0.05) is 76.8 Å². The first kappa shape index (κ1) is 41.4. The van der Waals surface area contributed by atoms with Crippen molar-refractivity contribution in [2.24, 2.45) is 0 Å². The predicted molar refractivity (Wildman–Crippen MR) is 213 cm³/mol. The summed E-state index contributed by atoms with van der Waals surface area (Å²) in [4.78, 5) is 9.32. The van der Waals surface area contributed by atoms with Crippen LogP contribution in [0.2, 0.25) is 0 Å². The number of halogens is 6. The topological polar surface area (TPSA) is 42.4 Å². The Balaban J connectivity index is 0.000000199. The summed E-state index contributed by atoms with van der Waals surface area (Å²) in [6, 6.07) is 36.4. The number of piperazine rings is 2. The molecule has 2 aliphatic heterocycles. The second kappa shape index (κ2) is 19.3. The van der Waals surface area contributed by atoms with E-state index in [2.05, 4.69) is 31.7 Å². The van der Waals surface area contributed by atoms with E-state index in [0.29, 0.717) is 6.61 Å². The molecule has 0 radical (unpaired) electrons. The van der Waals surface area contributed by atoms with Crippen LogP contribution in [0.15, 0.2) is 127 Å². The van der Waals surface area contributed by atoms with Crippen molar-refractivity contribution in [3.63, 3.8) is 0 Å². The summed E-state index contributed by atoms with van der Waals surface area (Å²) < 4.78 is 81.6. The SMILES string of the molecule is FC(F)(F)c1ccc(CCN2CCN(c3ccc(OCc4ccccc4)cc3)CC2)cc1.Oc1ccc(N2CCN(CCc3ccc(C(F)(F)F)cc3)CC2)cc1. The van der Waals surface area contributed by atoms with E-state index in [0.717, 1.165) is 119 Å². The molecule has 0 aromatic heterocycles. The largest absolute Gasteiger partial charge is 0.508 e. The molecule has 2 aliphatic rings. The van der Waals surface area contributed by atoms with Crippen LogP contribution in [-0.4, -0.2) is 80.4 Å². The van der Waals surface area contributed by atoms with Gasteiger partial charge in [-0.05, 0) is 102 Å². The van der Waals surface area contributed by atoms with Gasteiger partial charge in [0.25, 0.3) is 0 Å². The van der Waals surface area contributed by atoms with Gasteiger partial charge in [0.1, 0.15) is 18.1 Å². The van der Waals surface area contributed by atoms with Gasteiger partial charge in [-0.3, -0.25) is 9.80 Å². The molecule has 0 spiro atoms. The van der Waals surface area contributed by atoms with Crippen molar-refractivity contribution >= 4 is 11.4 Å². The zero-order valence-corrected chi connectivity index (χ0v) is 31.7. The van der Waals surface area contributed by atoms with Gasteiger partial charge in [0.05, 0.1) is 11.1 Å². The molecule has 7 rings (SSSR count). The number of aromatic hydroxyl groups is 1. The first-order chi connectivity index (χ1) is 27.4. The standard InChI is InChI=1S/C26H27F3N2O.C19H21F3N2O/c27-26(28,29)23-8-6-21(7-9-23)14-15-30-16-18-31(19-17-30)24-10-12-25(13-11-24)32-20-22-4-2-1-3-5-22;20-19(21,22)16-3-1-15(2-4-16)9-10-23-11-13-24(14-12-23)17-5-7-18(25)8-6-17/h1-13H,14-20H2;1-8,25H,9-14H2. The first-order valence-corrected chi connectivity index (χ1v) is 19.2. The number of ether oxygens (including phenoxy) is 1. The summed E-state index contributed by atoms with van der Waals surface area (Å²) in [6.45, 7) is 9.62. The molecule has 0 bridgehead atoms. The molecular formula is C45H48F6N4O2. The summed E-state index contributed by atoms with van der Waals surface area (Å²) in [5.41, 5.74) is 4.09. The average molecular weight is 791 g/mol. The Labute approximate surface area is 330 Å². The predicted octanol–water partition coefficient (Wildman–Crippen LogP) is 9.42. The van der Waals surface area contributed by atoms with Crippen LogP contribution in [0.1, 0.15) is 27.8 Å². The third-order valence-electron chi connectivity index (χ3n) is 10.4. The molecule has 2 fully saturated rings. The van der Waals surface area contributed by atoms with E-state index in [4.69, 9.17) is 4.74 Å². The molecule has 0 amide bonds. The average Bonchev–Trinajstić information content (AvgIpc) is 3.23. The fourth-order valence-electron chi connectivity index (χ4n) is 6.91. The molecule has 302 valence electrons. The lowest BCUT2D eigenvalue weighted by atomic mass is 10.1. The Kier molecular flexibility index (Phi) is 14.0. The number of alkyl halides is 6. The van der Waals surface area contributed by atoms with Crippen molar-refractivity contribution in [2.75, 3.05) is 75.2 Å². The molecular weight excluding hydrogens is 743 g/mol. The normalized spacial score (nSPS) is 15.5. The summed E-state index contributed by atoms with van der Waals surface area (Å²) in [6.07, 6.45) is -7.05. The minimum Gasteiger partial charge on any atom is -0.508 e. The molecule has 2 saturated heterocycles. The van der Waals surface area contributed by atoms with Crippen molar-refractivity contribution in [3.05, 3.63) is 155 Å². The Bertz CT molecular complexity index is 1920. The number of phenols is 1. The van der Waals surface area contributed by atoms with E-state index < -0.39 is 23.5 Å². The maximum Gasteiger partial charge on any atom is 0.416 e. The number of phenolic OH excluding ortho intramolecular Hbond substituents is 1. The van der Waals surface area contributed by atoms with Crippen LogP contribution < -0.4 is 14.5 Å². The van der Waals surface area contributed by atoms with Gasteiger partial charge in [0.15, 0.2) is 0 Å². The highest BCUT2D eigenvalue weighted by Crippen LogP contribution is 2.30. The molecule has 2 heterocycles. The number of hydrogen-bond acceptors (Lipinski definition) is 6. The van der Waals surface area contributed by atoms with Gasteiger partial charge in [0.2, 0.25) is 0 Å². The van der Waals surface area contributed by atoms with E-state index in [1.807, 2.05) is 54.6 Å². The van der Waals surface area contributed by atoms with E-state index in [9.17, 15) is 31.4 Å². The van der Waals surface area contributed by atoms with Crippen LogP contribution in [-0.2, 0) is 31.8 Å². The van der Waals surface area contributed by atoms with Gasteiger partial charge < -0.3 is 19.6 Å². The second-order valence-electron chi connectivity index (χ2n) is 14.3. The maximum absolute atomic E-state index is 12.7. The van der Waals surface area contributed by atoms with Crippen LogP contribution in [0.4, 0.5) is 37.7 Å². The maximum atomic E-state index is 12.7. The van der Waals surface area contributed by atoms with Gasteiger partial charge in [-0.1, -0.05) is 54.6 Å². The number of nitrogens with zero attached hydrogens (tertiary/aromatic N) is 4. The van der Waals surface area contributed by atoms with Gasteiger partial charge in [-0.2, -0.15) is 26.3 Å². The zero-order valence-electron chi connectivity index (χ0n) is 31.7. The lowest BCUT2D eigenvalue weighted by molar-refractivity contribution is -0.138. The second-order valence-corrected chi connectivity index (χ2v) is 14.3. The van der Waals surface area contributed by atoms with Crippen LogP contribution >= 0.6 is 0 Å². The summed E-state index contributed by atoms with van der Waals surface area (Å²) >= 11 is 0. The minimum atomic E-state index is -4.28. The number of hydrogen-bond donors (Lipinski definition) is 1.